The van der Waals surface area contributed by atoms with E-state index in [-0.39, 0.29) is 5.91 Å². The topological polar surface area (TPSA) is 41.9 Å². The molecule has 186 valence electrons. The Kier molecular flexibility index (Phi) is 8.59. The van der Waals surface area contributed by atoms with E-state index in [4.69, 9.17) is 56.1 Å². The number of rotatable bonds is 6. The molecule has 0 bridgehead atoms. The number of halogens is 4. The molecule has 0 saturated carbocycles. The molecule has 0 atom stereocenters. The Balaban J connectivity index is 1.83. The molecule has 1 heterocycles. The van der Waals surface area contributed by atoms with Gasteiger partial charge in [-0.1, -0.05) is 65.5 Å². The van der Waals surface area contributed by atoms with E-state index in [2.05, 4.69) is 0 Å². The van der Waals surface area contributed by atoms with Crippen LogP contribution in [0, 0.1) is 13.8 Å². The van der Waals surface area contributed by atoms with Crippen molar-refractivity contribution in [2.75, 3.05) is 11.5 Å². The maximum Gasteiger partial charge on any atom is 0.271 e. The van der Waals surface area contributed by atoms with Crippen molar-refractivity contribution in [1.29, 1.82) is 0 Å². The molecule has 0 aromatic heterocycles. The standard InChI is InChI=1S/C27H22Cl4N2O2S/c1-4-9-35-25-17(10-18(28)12-23(25)31)11-24-26(34)33(20-8-6-16(3)22(30)14-20)27(36-24)32-19-7-5-15(2)21(29)13-19/h5-8,10-14H,4,9H2,1-3H3/b24-11+,32-27?. The first-order valence-corrected chi connectivity index (χ1v) is 13.5. The predicted molar refractivity (Wildman–Crippen MR) is 155 cm³/mol. The van der Waals surface area contributed by atoms with E-state index in [1.807, 2.05) is 45.0 Å². The predicted octanol–water partition coefficient (Wildman–Crippen LogP) is 9.51. The van der Waals surface area contributed by atoms with Crippen molar-refractivity contribution < 1.29 is 9.53 Å². The van der Waals surface area contributed by atoms with Crippen molar-refractivity contribution in [2.45, 2.75) is 27.2 Å². The van der Waals surface area contributed by atoms with Crippen LogP contribution in [0.5, 0.6) is 5.75 Å². The summed E-state index contributed by atoms with van der Waals surface area (Å²) >= 11 is 26.6. The van der Waals surface area contributed by atoms with Gasteiger partial charge >= 0.3 is 0 Å². The highest BCUT2D eigenvalue weighted by Crippen LogP contribution is 2.41. The Morgan fingerprint density at radius 3 is 2.31 bits per heavy atom. The Bertz CT molecular complexity index is 1400. The number of aryl methyl sites for hydroxylation is 2. The molecule has 4 rings (SSSR count). The normalized spacial score (nSPS) is 15.9. The number of nitrogens with zero attached hydrogens (tertiary/aromatic N) is 2. The first kappa shape index (κ1) is 26.9. The molecule has 1 fully saturated rings. The number of thioether (sulfide) groups is 1. The molecule has 36 heavy (non-hydrogen) atoms. The average molecular weight is 580 g/mol. The minimum Gasteiger partial charge on any atom is -0.491 e. The number of amidine groups is 1. The van der Waals surface area contributed by atoms with Gasteiger partial charge in [0, 0.05) is 20.6 Å². The van der Waals surface area contributed by atoms with Crippen LogP contribution >= 0.6 is 58.2 Å². The maximum atomic E-state index is 13.7. The second-order valence-corrected chi connectivity index (χ2v) is 10.8. The van der Waals surface area contributed by atoms with Gasteiger partial charge in [-0.15, -0.1) is 0 Å². The lowest BCUT2D eigenvalue weighted by atomic mass is 10.1. The molecule has 0 N–H and O–H groups in total. The summed E-state index contributed by atoms with van der Waals surface area (Å²) in [6.45, 7) is 6.31. The molecule has 3 aromatic carbocycles. The highest BCUT2D eigenvalue weighted by Gasteiger charge is 2.35. The molecule has 1 aliphatic heterocycles. The van der Waals surface area contributed by atoms with Crippen LogP contribution in [-0.2, 0) is 4.79 Å². The highest BCUT2D eigenvalue weighted by atomic mass is 35.5. The van der Waals surface area contributed by atoms with E-state index < -0.39 is 0 Å². The van der Waals surface area contributed by atoms with Crippen LogP contribution in [-0.4, -0.2) is 17.7 Å². The number of amides is 1. The zero-order valence-corrected chi connectivity index (χ0v) is 23.6. The summed E-state index contributed by atoms with van der Waals surface area (Å²) in [7, 11) is 0. The van der Waals surface area contributed by atoms with Gasteiger partial charge in [-0.3, -0.25) is 9.69 Å². The van der Waals surface area contributed by atoms with Crippen LogP contribution in [0.3, 0.4) is 0 Å². The summed E-state index contributed by atoms with van der Waals surface area (Å²) in [6, 6.07) is 14.3. The largest absolute Gasteiger partial charge is 0.491 e. The third-order valence-electron chi connectivity index (χ3n) is 5.37. The van der Waals surface area contributed by atoms with Crippen molar-refractivity contribution in [2.24, 2.45) is 4.99 Å². The zero-order valence-electron chi connectivity index (χ0n) is 19.7. The highest BCUT2D eigenvalue weighted by molar-refractivity contribution is 8.19. The van der Waals surface area contributed by atoms with Crippen molar-refractivity contribution >= 4 is 86.7 Å². The van der Waals surface area contributed by atoms with Crippen LogP contribution in [0.2, 0.25) is 20.1 Å². The Labute approximate surface area is 234 Å². The molecular formula is C27H22Cl4N2O2S. The Hall–Kier alpha value is -2.15. The number of carbonyl (C=O) groups is 1. The molecule has 0 aliphatic carbocycles. The van der Waals surface area contributed by atoms with Crippen molar-refractivity contribution in [3.8, 4) is 5.75 Å². The monoisotopic (exact) mass is 578 g/mol. The smallest absolute Gasteiger partial charge is 0.271 e. The Morgan fingerprint density at radius 2 is 1.64 bits per heavy atom. The summed E-state index contributed by atoms with van der Waals surface area (Å²) in [5.41, 5.74) is 3.69. The van der Waals surface area contributed by atoms with Gasteiger partial charge in [0.25, 0.3) is 5.91 Å². The maximum absolute atomic E-state index is 13.7. The van der Waals surface area contributed by atoms with Gasteiger partial charge in [0.15, 0.2) is 5.17 Å². The van der Waals surface area contributed by atoms with E-state index in [9.17, 15) is 4.79 Å². The van der Waals surface area contributed by atoms with Crippen molar-refractivity contribution in [3.63, 3.8) is 0 Å². The van der Waals surface area contributed by atoms with Gasteiger partial charge < -0.3 is 4.74 Å². The fraction of sp³-hybridized carbons (Fsp3) is 0.185. The van der Waals surface area contributed by atoms with Crippen molar-refractivity contribution in [1.82, 2.24) is 0 Å². The lowest BCUT2D eigenvalue weighted by Gasteiger charge is -2.17. The minimum atomic E-state index is -0.255. The number of aliphatic imine (C=N–C) groups is 1. The molecule has 1 saturated heterocycles. The van der Waals surface area contributed by atoms with Gasteiger partial charge in [0.1, 0.15) is 5.75 Å². The second-order valence-electron chi connectivity index (χ2n) is 8.17. The van der Waals surface area contributed by atoms with Gasteiger partial charge in [-0.2, -0.15) is 0 Å². The lowest BCUT2D eigenvalue weighted by molar-refractivity contribution is -0.113. The number of hydrogen-bond donors (Lipinski definition) is 0. The molecule has 1 amide bonds. The molecule has 9 heteroatoms. The number of ether oxygens (including phenoxy) is 1. The van der Waals surface area contributed by atoms with E-state index in [1.165, 1.54) is 16.7 Å². The fourth-order valence-electron chi connectivity index (χ4n) is 3.44. The van der Waals surface area contributed by atoms with E-state index in [0.717, 1.165) is 17.5 Å². The molecular weight excluding hydrogens is 558 g/mol. The van der Waals surface area contributed by atoms with Crippen LogP contribution in [0.4, 0.5) is 11.4 Å². The lowest BCUT2D eigenvalue weighted by Crippen LogP contribution is -2.28. The van der Waals surface area contributed by atoms with Gasteiger partial charge in [0.2, 0.25) is 0 Å². The molecule has 0 unspecified atom stereocenters. The molecule has 0 spiro atoms. The summed E-state index contributed by atoms with van der Waals surface area (Å²) in [5.74, 6) is 0.221. The average Bonchev–Trinajstić information content (AvgIpc) is 3.12. The molecule has 4 nitrogen and oxygen atoms in total. The number of benzene rings is 3. The van der Waals surface area contributed by atoms with Crippen molar-refractivity contribution in [3.05, 3.63) is 90.2 Å². The second kappa shape index (κ2) is 11.5. The molecule has 0 radical (unpaired) electrons. The van der Waals surface area contributed by atoms with Crippen LogP contribution in [0.1, 0.15) is 30.0 Å². The first-order valence-electron chi connectivity index (χ1n) is 11.1. The summed E-state index contributed by atoms with van der Waals surface area (Å²) < 4.78 is 5.87. The number of hydrogen-bond acceptors (Lipinski definition) is 4. The van der Waals surface area contributed by atoms with E-state index in [1.54, 1.807) is 30.3 Å². The summed E-state index contributed by atoms with van der Waals surface area (Å²) in [6.07, 6.45) is 2.53. The molecule has 3 aromatic rings. The van der Waals surface area contributed by atoms with Crippen LogP contribution < -0.4 is 9.64 Å². The first-order chi connectivity index (χ1) is 17.2. The summed E-state index contributed by atoms with van der Waals surface area (Å²) in [5, 5.41) is 2.44. The van der Waals surface area contributed by atoms with Gasteiger partial charge in [-0.25, -0.2) is 4.99 Å². The van der Waals surface area contributed by atoms with E-state index in [0.29, 0.717) is 59.5 Å². The summed E-state index contributed by atoms with van der Waals surface area (Å²) in [4.78, 5) is 20.4. The van der Waals surface area contributed by atoms with Crippen LogP contribution in [0.15, 0.2) is 58.4 Å². The fourth-order valence-corrected chi connectivity index (χ4v) is 5.35. The van der Waals surface area contributed by atoms with Gasteiger partial charge in [0.05, 0.1) is 27.9 Å². The third kappa shape index (κ3) is 5.87. The SMILES string of the molecule is CCCOc1c(Cl)cc(Cl)cc1/C=C1/SC(=Nc2ccc(C)c(Cl)c2)N(c2ccc(C)c(Cl)c2)C1=O. The minimum absolute atomic E-state index is 0.255. The number of carbonyl (C=O) groups excluding carboxylic acids is 1. The van der Waals surface area contributed by atoms with Gasteiger partial charge in [-0.05, 0) is 85.6 Å². The zero-order chi connectivity index (χ0) is 26.0. The number of anilines is 1. The third-order valence-corrected chi connectivity index (χ3v) is 7.66. The molecule has 1 aliphatic rings. The quantitative estimate of drug-likeness (QED) is 0.273. The Morgan fingerprint density at radius 1 is 0.944 bits per heavy atom. The van der Waals surface area contributed by atoms with E-state index >= 15 is 0 Å². The van der Waals surface area contributed by atoms with Crippen LogP contribution in [0.25, 0.3) is 6.08 Å².